The maximum absolute atomic E-state index is 13.1. The minimum absolute atomic E-state index is 0. The number of non-ortho nitro benzene ring substituents is 1. The van der Waals surface area contributed by atoms with Crippen molar-refractivity contribution in [2.75, 3.05) is 26.6 Å². The third-order valence-electron chi connectivity index (χ3n) is 19.7. The molecule has 8 N–H and O–H groups in total. The molecular formula is C93H81Cl12IN8Na2O18S5. The number of fused-ring (bicyclic) bond motifs is 3. The van der Waals surface area contributed by atoms with Gasteiger partial charge in [0.2, 0.25) is 0 Å². The Morgan fingerprint density at radius 1 is 0.446 bits per heavy atom. The molecular weight excluding hydrogens is 2280 g/mol. The van der Waals surface area contributed by atoms with Crippen LogP contribution in [0.4, 0.5) is 11.4 Å². The molecule has 1 aliphatic rings. The van der Waals surface area contributed by atoms with Gasteiger partial charge >= 0.3 is 83.0 Å². The van der Waals surface area contributed by atoms with Gasteiger partial charge in [-0.15, -0.1) is 11.8 Å². The molecule has 2 aromatic heterocycles. The van der Waals surface area contributed by atoms with Crippen LogP contribution in [-0.2, 0) is 59.1 Å². The van der Waals surface area contributed by atoms with Gasteiger partial charge in [0, 0.05) is 84.7 Å². The average Bonchev–Trinajstić information content (AvgIpc) is 0.774. The number of pyridine rings is 2. The molecule has 0 saturated heterocycles. The zero-order chi connectivity index (χ0) is 95.9. The number of esters is 3. The summed E-state index contributed by atoms with van der Waals surface area (Å²) >= 11 is 71.2. The Morgan fingerprint density at radius 2 is 0.777 bits per heavy atom. The molecule has 6 atom stereocenters. The predicted octanol–water partition coefficient (Wildman–Crippen LogP) is 10.3. The van der Waals surface area contributed by atoms with Crippen LogP contribution >= 0.6 is 205 Å². The van der Waals surface area contributed by atoms with Crippen molar-refractivity contribution >= 4 is 280 Å². The standard InChI is InChI=1S/C32H26Cl4N2O3S.C26H18Cl4N2O3.C25H16Cl4N2O3.C10H12N2O4.IO4.2Na.H2O.4H2S/c1-41-32(40)27(38-31(39)30-23(35)11-6-12-24(30)36)16-18-13-14-25-20(15-18)28(42-19-7-3-2-4-8-19)17-26(37-25)29-21(33)9-5-10-22(29)34;1-35-26(34)22(32-25(33)24-18(29)6-3-7-19(24)30)13-14-8-10-20-15(12-14)9-11-21(31-20)23-16(27)4-2-5-17(23)28;26-15-3-1-4-16(27)22(15)20-10-8-14-11-13(7-9-19(14)30-20)12-21(25(33)34)31-24(32)23-17(28)5-2-6-18(23)29;1-16-10(13)9(11)6-7-2-4-8(5-3-7)12(14)15;2-1(3,4)5;;;;;;;/h2-15,26-28,37H,16-17H2,1H3,(H,38,39);2-12,22H,13H2,1H3,(H,32,33);1-11,21H,12H2,(H,31,32)(H,33,34);2-5,9H,6,11H2,1H3;;;;5*1H2/q;;;;-1;2*+1;;;;;/p-1/t26?,27-,28?;22-;21-;9-;;;;;;;;/m0000......../s1. The number of carbonyl (C=O) groups excluding carboxylic acids is 6. The van der Waals surface area contributed by atoms with E-state index in [1.807, 2.05) is 91.0 Å². The van der Waals surface area contributed by atoms with Crippen molar-refractivity contribution in [1.29, 1.82) is 0 Å². The van der Waals surface area contributed by atoms with E-state index in [0.717, 1.165) is 61.1 Å². The van der Waals surface area contributed by atoms with E-state index in [9.17, 15) is 48.8 Å². The van der Waals surface area contributed by atoms with Gasteiger partial charge in [0.25, 0.3) is 23.4 Å². The number of ether oxygens (including phenoxy) is 3. The van der Waals surface area contributed by atoms with Gasteiger partial charge in [-0.2, -0.15) is 54.0 Å². The van der Waals surface area contributed by atoms with Crippen LogP contribution in [0, 0.1) is 10.1 Å². The summed E-state index contributed by atoms with van der Waals surface area (Å²) in [6.45, 7) is 0. The number of nitro groups is 1. The number of hydrogen-bond donors (Lipinski definition) is 6. The second kappa shape index (κ2) is 60.4. The third-order valence-corrected chi connectivity index (χ3v) is 24.8. The molecule has 0 spiro atoms. The number of carboxylic acids is 1. The molecule has 3 heterocycles. The Bertz CT molecular complexity index is 6350. The minimum Gasteiger partial charge on any atom is -0.870 e. The van der Waals surface area contributed by atoms with Crippen LogP contribution in [0.25, 0.3) is 44.3 Å². The molecule has 1 aliphatic heterocycles. The Kier molecular flexibility index (Phi) is 55.0. The number of aromatic nitrogens is 2. The number of carboxylic acid groups (broad SMARTS) is 1. The second-order valence-corrected chi connectivity index (χ2v) is 36.9. The van der Waals surface area contributed by atoms with Crippen LogP contribution in [0.2, 0.25) is 60.3 Å². The molecule has 2 unspecified atom stereocenters. The average molecular weight is 2360 g/mol. The van der Waals surface area contributed by atoms with Gasteiger partial charge in [0.05, 0.1) is 122 Å². The van der Waals surface area contributed by atoms with Crippen LogP contribution in [0.1, 0.15) is 82.2 Å². The molecule has 724 valence electrons. The number of benzene rings is 11. The first-order valence-corrected chi connectivity index (χ1v) is 47.8. The Hall–Kier alpha value is -6.55. The van der Waals surface area contributed by atoms with E-state index in [1.165, 1.54) is 45.6 Å². The van der Waals surface area contributed by atoms with Gasteiger partial charge < -0.3 is 51.8 Å². The topological polar surface area (TPSA) is 433 Å². The molecule has 0 fully saturated rings. The van der Waals surface area contributed by atoms with Gasteiger partial charge in [0.1, 0.15) is 44.3 Å². The zero-order valence-electron chi connectivity index (χ0n) is 73.3. The number of amides is 3. The first-order chi connectivity index (χ1) is 62.8. The summed E-state index contributed by atoms with van der Waals surface area (Å²) < 4.78 is 48.9. The summed E-state index contributed by atoms with van der Waals surface area (Å²) in [5.41, 5.74) is 15.8. The SMILES string of the molecule is COC(=O)[C@@H](N)Cc1ccc([N+](=O)[O-])cc1.COC(=O)[C@H](Cc1ccc2c(c1)C(Sc1ccccc1)CC(c1c(Cl)cccc1Cl)N2)NC(=O)c1c(Cl)cccc1Cl.COC(=O)[C@H](Cc1ccc2nc(-c3c(Cl)cccc3Cl)ccc2c1)NC(=O)c1c(Cl)cccc1Cl.O=C(N[C@@H](Cc1ccc2nc(-c3c(Cl)cccc3Cl)ccc2c1)C(=O)O)c1c(Cl)cccc1Cl.S.S.S.S.[Na+].[Na+].[O-][I+3]([O-])([O-])[O-].[OH-]. The van der Waals surface area contributed by atoms with Gasteiger partial charge in [0.15, 0.2) is 0 Å². The number of halogens is 13. The van der Waals surface area contributed by atoms with Crippen molar-refractivity contribution < 1.29 is 156 Å². The molecule has 0 aliphatic carbocycles. The Morgan fingerprint density at radius 3 is 1.14 bits per heavy atom. The number of thioether (sulfide) groups is 1. The van der Waals surface area contributed by atoms with E-state index in [-0.39, 0.29) is 202 Å². The van der Waals surface area contributed by atoms with Crippen LogP contribution in [0.5, 0.6) is 0 Å². The molecule has 0 saturated carbocycles. The summed E-state index contributed by atoms with van der Waals surface area (Å²) in [5.74, 6) is -4.64. The normalized spacial score (nSPS) is 12.7. The van der Waals surface area contributed by atoms with E-state index in [1.54, 1.807) is 121 Å². The maximum Gasteiger partial charge on any atom is 1.00 e. The summed E-state index contributed by atoms with van der Waals surface area (Å²) in [6, 6.07) is 66.6. The Balaban J connectivity index is 0.000000477. The van der Waals surface area contributed by atoms with Crippen LogP contribution in [0.3, 0.4) is 0 Å². The summed E-state index contributed by atoms with van der Waals surface area (Å²) in [7, 11) is 3.81. The smallest absolute Gasteiger partial charge is 0.870 e. The fourth-order valence-electron chi connectivity index (χ4n) is 13.6. The Labute approximate surface area is 941 Å². The number of nitro benzene ring substituents is 1. The fraction of sp³-hybridized carbons (Fsp3) is 0.151. The van der Waals surface area contributed by atoms with Crippen molar-refractivity contribution in [1.82, 2.24) is 25.9 Å². The molecule has 13 aromatic rings. The van der Waals surface area contributed by atoms with Gasteiger partial charge in [-0.3, -0.25) is 43.0 Å². The second-order valence-electron chi connectivity index (χ2n) is 28.5. The van der Waals surface area contributed by atoms with Gasteiger partial charge in [-0.1, -0.05) is 242 Å². The van der Waals surface area contributed by atoms with E-state index in [4.69, 9.17) is 168 Å². The molecule has 46 heteroatoms. The first kappa shape index (κ1) is 127. The molecule has 11 aromatic carbocycles. The summed E-state index contributed by atoms with van der Waals surface area (Å²) in [4.78, 5) is 107. The number of hydrogen-bond acceptors (Lipinski definition) is 22. The monoisotopic (exact) mass is 2350 g/mol. The summed E-state index contributed by atoms with van der Waals surface area (Å²) in [5, 5.41) is 37.6. The largest absolute Gasteiger partial charge is 1.00 e. The number of anilines is 1. The number of nitrogens with one attached hydrogen (secondary N) is 4. The van der Waals surface area contributed by atoms with Crippen molar-refractivity contribution in [3.63, 3.8) is 0 Å². The minimum atomic E-state index is -5.94. The van der Waals surface area contributed by atoms with Crippen LogP contribution in [0.15, 0.2) is 248 Å². The molecule has 0 bridgehead atoms. The van der Waals surface area contributed by atoms with Crippen LogP contribution in [-0.4, -0.2) is 113 Å². The third kappa shape index (κ3) is 36.3. The molecule has 26 nitrogen and oxygen atoms in total. The number of nitrogens with zero attached hydrogens (tertiary/aromatic N) is 3. The van der Waals surface area contributed by atoms with E-state index in [2.05, 4.69) is 54.2 Å². The van der Waals surface area contributed by atoms with Crippen molar-refractivity contribution in [3.8, 4) is 22.5 Å². The van der Waals surface area contributed by atoms with Crippen molar-refractivity contribution in [2.24, 2.45) is 5.73 Å². The molecule has 139 heavy (non-hydrogen) atoms. The fourth-order valence-corrected chi connectivity index (χ4v) is 18.4. The molecule has 0 radical (unpaired) electrons. The zero-order valence-corrected chi connectivity index (χ0v) is 93.3. The first-order valence-electron chi connectivity index (χ1n) is 38.9. The number of carbonyl (C=O) groups is 7. The van der Waals surface area contributed by atoms with Crippen molar-refractivity contribution in [3.05, 3.63) is 363 Å². The number of aliphatic carboxylic acids is 1. The summed E-state index contributed by atoms with van der Waals surface area (Å²) in [6.07, 6.45) is 1.47. The number of nitrogens with two attached hydrogens (primary N) is 1. The van der Waals surface area contributed by atoms with E-state index < -0.39 is 90.8 Å². The quantitative estimate of drug-likeness (QED) is 0.00817. The van der Waals surface area contributed by atoms with E-state index >= 15 is 0 Å². The van der Waals surface area contributed by atoms with Crippen molar-refractivity contribution in [2.45, 2.75) is 72.5 Å². The number of rotatable bonds is 24. The van der Waals surface area contributed by atoms with E-state index in [0.29, 0.717) is 70.2 Å². The maximum atomic E-state index is 13.1. The van der Waals surface area contributed by atoms with Gasteiger partial charge in [-0.25, -0.2) is 24.4 Å². The predicted molar refractivity (Wildman–Crippen MR) is 550 cm³/mol. The van der Waals surface area contributed by atoms with Crippen LogP contribution < -0.4 is 120 Å². The molecule has 14 rings (SSSR count). The molecule has 3 amide bonds. The number of methoxy groups -OCH3 is 3. The van der Waals surface area contributed by atoms with Gasteiger partial charge in [-0.05, 0) is 168 Å².